The van der Waals surface area contributed by atoms with Gasteiger partial charge in [-0.2, -0.15) is 0 Å². The molecular formula is C28H29N5O2S. The van der Waals surface area contributed by atoms with Gasteiger partial charge in [0.05, 0.1) is 11.6 Å². The Labute approximate surface area is 214 Å². The van der Waals surface area contributed by atoms with Crippen LogP contribution in [0.5, 0.6) is 0 Å². The maximum absolute atomic E-state index is 12.2. The van der Waals surface area contributed by atoms with E-state index >= 15 is 0 Å². The Balaban J connectivity index is 1.60. The summed E-state index contributed by atoms with van der Waals surface area (Å²) < 4.78 is 2.00. The van der Waals surface area contributed by atoms with Gasteiger partial charge in [0.25, 0.3) is 0 Å². The van der Waals surface area contributed by atoms with Crippen molar-refractivity contribution in [1.29, 1.82) is 0 Å². The van der Waals surface area contributed by atoms with Crippen LogP contribution >= 0.6 is 11.3 Å². The van der Waals surface area contributed by atoms with Crippen molar-refractivity contribution in [3.05, 3.63) is 93.4 Å². The van der Waals surface area contributed by atoms with Crippen LogP contribution in [0.25, 0.3) is 5.00 Å². The second-order valence-electron chi connectivity index (χ2n) is 9.10. The second-order valence-corrected chi connectivity index (χ2v) is 10.3. The molecule has 1 aliphatic heterocycles. The maximum atomic E-state index is 12.2. The summed E-state index contributed by atoms with van der Waals surface area (Å²) in [6.45, 7) is 8.72. The number of carbonyl (C=O) groups is 1. The fourth-order valence-electron chi connectivity index (χ4n) is 4.70. The van der Waals surface area contributed by atoms with Crippen LogP contribution in [0.15, 0.2) is 59.6 Å². The van der Waals surface area contributed by atoms with E-state index in [9.17, 15) is 9.90 Å². The van der Waals surface area contributed by atoms with Crippen LogP contribution in [0.1, 0.15) is 58.2 Å². The lowest BCUT2D eigenvalue weighted by atomic mass is 9.95. The number of carboxylic acid groups (broad SMARTS) is 1. The van der Waals surface area contributed by atoms with Crippen LogP contribution in [0.3, 0.4) is 0 Å². The van der Waals surface area contributed by atoms with Gasteiger partial charge in [-0.15, -0.1) is 21.5 Å². The van der Waals surface area contributed by atoms with Crippen LogP contribution in [0.2, 0.25) is 0 Å². The molecule has 2 atom stereocenters. The highest BCUT2D eigenvalue weighted by molar-refractivity contribution is 7.15. The van der Waals surface area contributed by atoms with Crippen molar-refractivity contribution in [3.8, 4) is 5.00 Å². The fraction of sp³-hybridized carbons (Fsp3) is 0.286. The van der Waals surface area contributed by atoms with Crippen LogP contribution in [-0.2, 0) is 11.3 Å². The number of aliphatic imine (C=N–C) groups is 1. The lowest BCUT2D eigenvalue weighted by Crippen LogP contribution is -2.23. The number of fused-ring (bicyclic) bond motifs is 3. The molecule has 2 N–H and O–H groups in total. The van der Waals surface area contributed by atoms with Crippen LogP contribution in [0.4, 0.5) is 5.69 Å². The highest BCUT2D eigenvalue weighted by atomic mass is 32.1. The molecule has 3 heterocycles. The van der Waals surface area contributed by atoms with Crippen molar-refractivity contribution in [3.63, 3.8) is 0 Å². The molecule has 7 nitrogen and oxygen atoms in total. The minimum Gasteiger partial charge on any atom is -0.481 e. The zero-order chi connectivity index (χ0) is 25.4. The average molecular weight is 500 g/mol. The number of hydrogen-bond donors (Lipinski definition) is 2. The zero-order valence-electron chi connectivity index (χ0n) is 20.8. The number of benzene rings is 2. The molecule has 0 aliphatic carbocycles. The molecular weight excluding hydrogens is 470 g/mol. The summed E-state index contributed by atoms with van der Waals surface area (Å²) in [6.07, 6.45) is 0.441. The van der Waals surface area contributed by atoms with E-state index in [0.29, 0.717) is 12.2 Å². The highest BCUT2D eigenvalue weighted by Gasteiger charge is 2.37. The first-order valence-corrected chi connectivity index (χ1v) is 12.9. The number of thiophene rings is 1. The van der Waals surface area contributed by atoms with Gasteiger partial charge in [0.2, 0.25) is 0 Å². The molecule has 0 fully saturated rings. The van der Waals surface area contributed by atoms with E-state index in [-0.39, 0.29) is 0 Å². The number of nitrogens with zero attached hydrogens (tertiary/aromatic N) is 4. The van der Waals surface area contributed by atoms with Crippen LogP contribution < -0.4 is 5.32 Å². The van der Waals surface area contributed by atoms with Gasteiger partial charge in [-0.05, 0) is 50.5 Å². The van der Waals surface area contributed by atoms with Gasteiger partial charge in [-0.3, -0.25) is 14.4 Å². The zero-order valence-corrected chi connectivity index (χ0v) is 21.6. The molecule has 0 radical (unpaired) electrons. The summed E-state index contributed by atoms with van der Waals surface area (Å²) in [7, 11) is 0. The molecule has 8 heteroatoms. The van der Waals surface area contributed by atoms with Crippen LogP contribution in [0, 0.1) is 26.7 Å². The summed E-state index contributed by atoms with van der Waals surface area (Å²) in [5.74, 6) is -0.268. The van der Waals surface area contributed by atoms with Crippen LogP contribution in [-0.4, -0.2) is 31.6 Å². The average Bonchev–Trinajstić information content (AvgIpc) is 3.35. The molecule has 0 spiro atoms. The fourth-order valence-corrected chi connectivity index (χ4v) is 5.91. The number of anilines is 1. The van der Waals surface area contributed by atoms with Crippen molar-refractivity contribution in [1.82, 2.24) is 14.8 Å². The number of nitrogens with one attached hydrogen (secondary N) is 1. The van der Waals surface area contributed by atoms with Gasteiger partial charge in [0.15, 0.2) is 5.82 Å². The predicted octanol–water partition coefficient (Wildman–Crippen LogP) is 5.87. The maximum Gasteiger partial charge on any atom is 0.309 e. The summed E-state index contributed by atoms with van der Waals surface area (Å²) in [5, 5.41) is 23.2. The number of carboxylic acids is 1. The predicted molar refractivity (Wildman–Crippen MR) is 143 cm³/mol. The third-order valence-electron chi connectivity index (χ3n) is 6.83. The molecule has 1 unspecified atom stereocenters. The Morgan fingerprint density at radius 3 is 2.47 bits per heavy atom. The van der Waals surface area contributed by atoms with E-state index in [2.05, 4.69) is 65.8 Å². The molecule has 0 saturated carbocycles. The lowest BCUT2D eigenvalue weighted by molar-refractivity contribution is -0.142. The molecule has 0 amide bonds. The smallest absolute Gasteiger partial charge is 0.309 e. The number of rotatable bonds is 7. The highest BCUT2D eigenvalue weighted by Crippen LogP contribution is 2.41. The summed E-state index contributed by atoms with van der Waals surface area (Å²) in [6, 6.07) is 17.8. The molecule has 0 bridgehead atoms. The van der Waals surface area contributed by atoms with Gasteiger partial charge in [0, 0.05) is 28.2 Å². The largest absolute Gasteiger partial charge is 0.481 e. The molecule has 5 rings (SSSR count). The molecule has 2 aromatic carbocycles. The quantitative estimate of drug-likeness (QED) is 0.332. The van der Waals surface area contributed by atoms with Crippen molar-refractivity contribution in [2.45, 2.75) is 46.7 Å². The third-order valence-corrected chi connectivity index (χ3v) is 8.02. The summed E-state index contributed by atoms with van der Waals surface area (Å²) >= 11 is 1.67. The van der Waals surface area contributed by atoms with E-state index in [4.69, 9.17) is 4.99 Å². The SMILES string of the molecule is CCC(C(=O)O)[C@@H]1N=C(c2ccc(NCc3ccccc3)cc2)c2c(sc(C)c2C)-n2c(C)nnc21. The van der Waals surface area contributed by atoms with Crippen molar-refractivity contribution < 1.29 is 9.90 Å². The van der Waals surface area contributed by atoms with E-state index in [1.165, 1.54) is 10.4 Å². The molecule has 0 saturated heterocycles. The third kappa shape index (κ3) is 4.22. The number of aromatic nitrogens is 3. The minimum atomic E-state index is -0.878. The first kappa shape index (κ1) is 23.9. The molecule has 1 aliphatic rings. The van der Waals surface area contributed by atoms with E-state index in [1.807, 2.05) is 36.6 Å². The van der Waals surface area contributed by atoms with Gasteiger partial charge < -0.3 is 10.4 Å². The Bertz CT molecular complexity index is 1440. The molecule has 184 valence electrons. The summed E-state index contributed by atoms with van der Waals surface area (Å²) in [4.78, 5) is 18.6. The Kier molecular flexibility index (Phi) is 6.45. The minimum absolute atomic E-state index is 0.441. The molecule has 2 aromatic heterocycles. The molecule has 36 heavy (non-hydrogen) atoms. The van der Waals surface area contributed by atoms with Gasteiger partial charge in [0.1, 0.15) is 16.9 Å². The normalized spacial score (nSPS) is 15.4. The summed E-state index contributed by atoms with van der Waals surface area (Å²) in [5.41, 5.74) is 6.14. The Morgan fingerprint density at radius 2 is 1.81 bits per heavy atom. The van der Waals surface area contributed by atoms with Crippen molar-refractivity contribution in [2.75, 3.05) is 5.32 Å². The van der Waals surface area contributed by atoms with Crippen molar-refractivity contribution >= 4 is 28.7 Å². The Morgan fingerprint density at radius 1 is 1.08 bits per heavy atom. The number of hydrogen-bond acceptors (Lipinski definition) is 6. The van der Waals surface area contributed by atoms with Gasteiger partial charge in [-0.25, -0.2) is 0 Å². The standard InChI is InChI=1S/C28H29N5O2S/c1-5-22(28(34)35)25-26-32-31-18(4)33(26)27-23(16(2)17(3)36-27)24(30-25)20-11-13-21(14-12-20)29-15-19-9-7-6-8-10-19/h6-14,22,25,29H,5,15H2,1-4H3,(H,34,35)/t22?,25-/m0/s1. The number of aliphatic carboxylic acids is 1. The Hall–Kier alpha value is -3.78. The van der Waals surface area contributed by atoms with Gasteiger partial charge >= 0.3 is 5.97 Å². The first-order chi connectivity index (χ1) is 17.4. The number of aryl methyl sites for hydroxylation is 2. The lowest BCUT2D eigenvalue weighted by Gasteiger charge is -2.19. The van der Waals surface area contributed by atoms with E-state index in [1.54, 1.807) is 11.3 Å². The first-order valence-electron chi connectivity index (χ1n) is 12.1. The second kappa shape index (κ2) is 9.70. The van der Waals surface area contributed by atoms with E-state index < -0.39 is 17.9 Å². The van der Waals surface area contributed by atoms with Crippen molar-refractivity contribution in [2.24, 2.45) is 10.9 Å². The monoisotopic (exact) mass is 499 g/mol. The van der Waals surface area contributed by atoms with E-state index in [0.717, 1.165) is 45.5 Å². The van der Waals surface area contributed by atoms with Gasteiger partial charge in [-0.1, -0.05) is 49.4 Å². The molecule has 4 aromatic rings. The topological polar surface area (TPSA) is 92.4 Å².